The molecule has 0 bridgehead atoms. The number of hydrogen-bond acceptors (Lipinski definition) is 4. The molecule has 0 aromatic heterocycles. The summed E-state index contributed by atoms with van der Waals surface area (Å²) in [6, 6.07) is -0.760. The van der Waals surface area contributed by atoms with Gasteiger partial charge in [0.05, 0.1) is 31.3 Å². The van der Waals surface area contributed by atoms with Gasteiger partial charge in [0.1, 0.15) is 0 Å². The second-order valence-electron chi connectivity index (χ2n) is 18.1. The molecule has 3 atom stereocenters. The van der Waals surface area contributed by atoms with Gasteiger partial charge in [-0.25, -0.2) is 0 Å². The van der Waals surface area contributed by atoms with Crippen LogP contribution in [-0.4, -0.2) is 46.1 Å². The minimum Gasteiger partial charge on any atom is -0.394 e. The summed E-state index contributed by atoms with van der Waals surface area (Å²) in [6.07, 6.45) is 63.3. The number of carbonyl (C=O) groups excluding carboxylic acids is 1. The Morgan fingerprint density at radius 1 is 0.424 bits per heavy atom. The van der Waals surface area contributed by atoms with E-state index in [-0.39, 0.29) is 18.9 Å². The van der Waals surface area contributed by atoms with Gasteiger partial charge in [0.15, 0.2) is 0 Å². The summed E-state index contributed by atoms with van der Waals surface area (Å²) >= 11 is 0. The average Bonchev–Trinajstić information content (AvgIpc) is 3.23. The molecule has 5 nitrogen and oxygen atoms in total. The Bertz CT molecular complexity index is 916. The summed E-state index contributed by atoms with van der Waals surface area (Å²) in [6.45, 7) is 4.21. The zero-order chi connectivity index (χ0) is 43.0. The molecule has 0 spiro atoms. The van der Waals surface area contributed by atoms with Crippen LogP contribution in [0.3, 0.4) is 0 Å². The van der Waals surface area contributed by atoms with Crippen LogP contribution < -0.4 is 5.32 Å². The first-order valence-corrected chi connectivity index (χ1v) is 26.3. The molecule has 0 radical (unpaired) electrons. The van der Waals surface area contributed by atoms with E-state index in [1.54, 1.807) is 6.08 Å². The van der Waals surface area contributed by atoms with Crippen molar-refractivity contribution in [3.05, 3.63) is 36.5 Å². The number of amides is 1. The Balaban J connectivity index is 3.54. The molecule has 0 aliphatic heterocycles. The summed E-state index contributed by atoms with van der Waals surface area (Å²) < 4.78 is 0. The summed E-state index contributed by atoms with van der Waals surface area (Å²) in [7, 11) is 0. The number of allylic oxidation sites excluding steroid dienone is 5. The minimum absolute atomic E-state index is 0.00743. The molecule has 3 unspecified atom stereocenters. The number of hydrogen-bond donors (Lipinski definition) is 4. The Labute approximate surface area is 368 Å². The van der Waals surface area contributed by atoms with Gasteiger partial charge in [0.2, 0.25) is 5.91 Å². The van der Waals surface area contributed by atoms with Crippen LogP contribution in [0, 0.1) is 0 Å². The van der Waals surface area contributed by atoms with E-state index in [0.717, 1.165) is 32.1 Å². The largest absolute Gasteiger partial charge is 0.394 e. The van der Waals surface area contributed by atoms with Gasteiger partial charge in [0, 0.05) is 0 Å². The van der Waals surface area contributed by atoms with Crippen molar-refractivity contribution in [2.45, 2.75) is 295 Å². The number of aliphatic hydroxyl groups excluding tert-OH is 3. The van der Waals surface area contributed by atoms with Crippen molar-refractivity contribution in [3.63, 3.8) is 0 Å². The standard InChI is InChI=1S/C54H103NO4/c1-3-5-7-9-11-13-15-17-19-20-21-22-23-24-25-26-27-28-29-30-31-32-33-34-35-37-39-41-43-45-47-51(57)49-54(59)55-52(50-56)53(58)48-46-44-42-40-38-36-18-16-14-12-10-8-6-4-2/h24-25,38,40,46,48,51-53,56-58H,3-23,26-37,39,41-45,47,49-50H2,1-2H3,(H,55,59)/b25-24-,40-38+,48-46+. The van der Waals surface area contributed by atoms with E-state index in [1.165, 1.54) is 218 Å². The van der Waals surface area contributed by atoms with Gasteiger partial charge in [-0.2, -0.15) is 0 Å². The van der Waals surface area contributed by atoms with Crippen LogP contribution in [0.2, 0.25) is 0 Å². The Kier molecular flexibility index (Phi) is 48.0. The predicted molar refractivity (Wildman–Crippen MR) is 259 cm³/mol. The van der Waals surface area contributed by atoms with Crippen molar-refractivity contribution in [2.75, 3.05) is 6.61 Å². The molecule has 348 valence electrons. The van der Waals surface area contributed by atoms with Gasteiger partial charge >= 0.3 is 0 Å². The maximum absolute atomic E-state index is 12.5. The molecule has 0 saturated carbocycles. The first kappa shape index (κ1) is 57.6. The summed E-state index contributed by atoms with van der Waals surface area (Å²) in [4.78, 5) is 12.5. The highest BCUT2D eigenvalue weighted by Crippen LogP contribution is 2.16. The third kappa shape index (κ3) is 45.9. The molecule has 0 heterocycles. The number of carbonyl (C=O) groups is 1. The summed E-state index contributed by atoms with van der Waals surface area (Å²) in [5.74, 6) is -0.323. The van der Waals surface area contributed by atoms with Gasteiger partial charge in [-0.3, -0.25) is 4.79 Å². The highest BCUT2D eigenvalue weighted by atomic mass is 16.3. The van der Waals surface area contributed by atoms with Crippen LogP contribution >= 0.6 is 0 Å². The fourth-order valence-electron chi connectivity index (χ4n) is 8.12. The molecule has 5 heteroatoms. The van der Waals surface area contributed by atoms with Crippen molar-refractivity contribution >= 4 is 5.91 Å². The van der Waals surface area contributed by atoms with Gasteiger partial charge in [-0.05, 0) is 57.8 Å². The summed E-state index contributed by atoms with van der Waals surface area (Å²) in [5.41, 5.74) is 0. The van der Waals surface area contributed by atoms with Crippen LogP contribution in [0.1, 0.15) is 277 Å². The van der Waals surface area contributed by atoms with E-state index < -0.39 is 18.2 Å². The van der Waals surface area contributed by atoms with Gasteiger partial charge < -0.3 is 20.6 Å². The topological polar surface area (TPSA) is 89.8 Å². The molecule has 0 aliphatic carbocycles. The van der Waals surface area contributed by atoms with Crippen LogP contribution in [0.4, 0.5) is 0 Å². The number of unbranched alkanes of at least 4 members (excludes halogenated alkanes) is 35. The zero-order valence-electron chi connectivity index (χ0n) is 39.6. The molecular weight excluding hydrogens is 727 g/mol. The molecule has 0 saturated heterocycles. The maximum atomic E-state index is 12.5. The highest BCUT2D eigenvalue weighted by Gasteiger charge is 2.20. The molecule has 0 aromatic rings. The van der Waals surface area contributed by atoms with Crippen molar-refractivity contribution in [2.24, 2.45) is 0 Å². The third-order valence-corrected chi connectivity index (χ3v) is 12.1. The predicted octanol–water partition coefficient (Wildman–Crippen LogP) is 15.9. The highest BCUT2D eigenvalue weighted by molar-refractivity contribution is 5.76. The van der Waals surface area contributed by atoms with Crippen LogP contribution in [0.25, 0.3) is 0 Å². The monoisotopic (exact) mass is 830 g/mol. The lowest BCUT2D eigenvalue weighted by molar-refractivity contribution is -0.124. The first-order chi connectivity index (χ1) is 29.0. The fraction of sp³-hybridized carbons (Fsp3) is 0.870. The number of aliphatic hydroxyl groups is 3. The third-order valence-electron chi connectivity index (χ3n) is 12.1. The van der Waals surface area contributed by atoms with Crippen molar-refractivity contribution in [1.82, 2.24) is 5.32 Å². The number of nitrogens with one attached hydrogen (secondary N) is 1. The van der Waals surface area contributed by atoms with Crippen LogP contribution in [-0.2, 0) is 4.79 Å². The lowest BCUT2D eigenvalue weighted by atomic mass is 10.0. The fourth-order valence-corrected chi connectivity index (χ4v) is 8.12. The van der Waals surface area contributed by atoms with E-state index in [1.807, 2.05) is 6.08 Å². The number of rotatable bonds is 48. The van der Waals surface area contributed by atoms with E-state index in [2.05, 4.69) is 43.5 Å². The second-order valence-corrected chi connectivity index (χ2v) is 18.1. The van der Waals surface area contributed by atoms with Crippen molar-refractivity contribution in [1.29, 1.82) is 0 Å². The minimum atomic E-state index is -0.950. The lowest BCUT2D eigenvalue weighted by Crippen LogP contribution is -2.45. The van der Waals surface area contributed by atoms with Crippen molar-refractivity contribution in [3.8, 4) is 0 Å². The quantitative estimate of drug-likeness (QED) is 0.0363. The molecule has 0 aliphatic rings. The smallest absolute Gasteiger partial charge is 0.222 e. The molecule has 59 heavy (non-hydrogen) atoms. The average molecular weight is 830 g/mol. The van der Waals surface area contributed by atoms with Crippen LogP contribution in [0.5, 0.6) is 0 Å². The van der Waals surface area contributed by atoms with Crippen LogP contribution in [0.15, 0.2) is 36.5 Å². The molecule has 0 rings (SSSR count). The van der Waals surface area contributed by atoms with Gasteiger partial charge in [-0.15, -0.1) is 0 Å². The van der Waals surface area contributed by atoms with E-state index in [9.17, 15) is 20.1 Å². The normalized spacial score (nSPS) is 13.6. The lowest BCUT2D eigenvalue weighted by Gasteiger charge is -2.21. The van der Waals surface area contributed by atoms with Gasteiger partial charge in [0.25, 0.3) is 0 Å². The second kappa shape index (κ2) is 49.2. The SMILES string of the molecule is CCCCCCCCCC/C=C/CC/C=C/C(O)C(CO)NC(=O)CC(O)CCCCCCCCCCCCCCCC/C=C\CCCCCCCCCCCCCC. The Morgan fingerprint density at radius 2 is 0.729 bits per heavy atom. The van der Waals surface area contributed by atoms with E-state index in [4.69, 9.17) is 0 Å². The Hall–Kier alpha value is -1.43. The molecular formula is C54H103NO4. The molecule has 4 N–H and O–H groups in total. The molecule has 1 amide bonds. The molecule has 0 aromatic carbocycles. The summed E-state index contributed by atoms with van der Waals surface area (Å²) in [5, 5.41) is 33.3. The van der Waals surface area contributed by atoms with E-state index in [0.29, 0.717) is 6.42 Å². The first-order valence-electron chi connectivity index (χ1n) is 26.3. The van der Waals surface area contributed by atoms with Gasteiger partial charge in [-0.1, -0.05) is 249 Å². The van der Waals surface area contributed by atoms with Crippen molar-refractivity contribution < 1.29 is 20.1 Å². The van der Waals surface area contributed by atoms with E-state index >= 15 is 0 Å². The molecule has 0 fully saturated rings. The Morgan fingerprint density at radius 3 is 1.08 bits per heavy atom. The zero-order valence-corrected chi connectivity index (χ0v) is 39.6. The maximum Gasteiger partial charge on any atom is 0.222 e.